The third-order valence-corrected chi connectivity index (χ3v) is 8.02. The van der Waals surface area contributed by atoms with Gasteiger partial charge in [-0.1, -0.05) is 6.07 Å². The molecule has 1 aromatic heterocycles. The molecule has 0 bridgehead atoms. The van der Waals surface area contributed by atoms with Crippen LogP contribution in [0.15, 0.2) is 59.5 Å². The van der Waals surface area contributed by atoms with Crippen molar-refractivity contribution in [2.45, 2.75) is 43.0 Å². The largest absolute Gasteiger partial charge is 0.494 e. The van der Waals surface area contributed by atoms with Gasteiger partial charge in [-0.15, -0.1) is 0 Å². The first-order chi connectivity index (χ1) is 19.1. The normalized spacial score (nSPS) is 15.6. The third kappa shape index (κ3) is 6.54. The van der Waals surface area contributed by atoms with Crippen molar-refractivity contribution in [3.63, 3.8) is 0 Å². The molecule has 1 aliphatic rings. The van der Waals surface area contributed by atoms with Crippen LogP contribution in [0.25, 0.3) is 11.3 Å². The molecule has 0 fully saturated rings. The van der Waals surface area contributed by atoms with E-state index in [0.29, 0.717) is 0 Å². The molecule has 220 valence electrons. The highest BCUT2D eigenvalue weighted by Gasteiger charge is 2.36. The van der Waals surface area contributed by atoms with Gasteiger partial charge in [-0.25, -0.2) is 17.8 Å². The second-order valence-electron chi connectivity index (χ2n) is 9.76. The predicted molar refractivity (Wildman–Crippen MR) is 140 cm³/mol. The Morgan fingerprint density at radius 3 is 2.56 bits per heavy atom. The van der Waals surface area contributed by atoms with Crippen molar-refractivity contribution in [1.82, 2.24) is 10.3 Å². The number of carbonyl (C=O) groups excluding carboxylic acids is 1. The van der Waals surface area contributed by atoms with Crippen LogP contribution in [0.1, 0.15) is 26.0 Å². The first-order valence-electron chi connectivity index (χ1n) is 12.3. The van der Waals surface area contributed by atoms with Gasteiger partial charge in [-0.2, -0.15) is 13.2 Å². The lowest BCUT2D eigenvalue weighted by atomic mass is 10.1. The van der Waals surface area contributed by atoms with E-state index in [0.717, 1.165) is 28.6 Å². The minimum atomic E-state index is -4.68. The van der Waals surface area contributed by atoms with E-state index < -0.39 is 45.3 Å². The van der Waals surface area contributed by atoms with Crippen LogP contribution in [0.4, 0.5) is 23.2 Å². The van der Waals surface area contributed by atoms with Gasteiger partial charge in [0.05, 0.1) is 29.9 Å². The van der Waals surface area contributed by atoms with E-state index in [2.05, 4.69) is 10.3 Å². The second-order valence-corrected chi connectivity index (χ2v) is 11.6. The number of pyridine rings is 1. The molecular weight excluding hydrogens is 570 g/mol. The molecule has 1 aliphatic heterocycles. The number of methoxy groups -OCH3 is 1. The second kappa shape index (κ2) is 11.2. The SMILES string of the molecule is COc1cc(S(=O)(=O)N2C[C@H](CCNC(=O)C(C)(C)O)Oc3ccc(-c4cccc(C(F)(F)F)n4)cc32)ccc1F. The van der Waals surface area contributed by atoms with Crippen LogP contribution in [0.2, 0.25) is 0 Å². The van der Waals surface area contributed by atoms with Crippen molar-refractivity contribution in [3.8, 4) is 22.8 Å². The third-order valence-electron chi connectivity index (χ3n) is 6.24. The number of anilines is 1. The minimum absolute atomic E-state index is 0.0294. The van der Waals surface area contributed by atoms with Crippen molar-refractivity contribution < 1.29 is 45.4 Å². The number of hydrogen-bond acceptors (Lipinski definition) is 7. The number of alkyl halides is 3. The van der Waals surface area contributed by atoms with Crippen LogP contribution in [0, 0.1) is 5.82 Å². The van der Waals surface area contributed by atoms with Gasteiger partial charge in [-0.05, 0) is 56.3 Å². The van der Waals surface area contributed by atoms with Crippen molar-refractivity contribution in [1.29, 1.82) is 0 Å². The van der Waals surface area contributed by atoms with Gasteiger partial charge < -0.3 is 19.9 Å². The van der Waals surface area contributed by atoms with Gasteiger partial charge in [0.15, 0.2) is 11.6 Å². The Hall–Kier alpha value is -3.91. The number of nitrogens with one attached hydrogen (secondary N) is 1. The molecule has 0 unspecified atom stereocenters. The summed E-state index contributed by atoms with van der Waals surface area (Å²) in [5, 5.41) is 12.4. The van der Waals surface area contributed by atoms with Crippen LogP contribution < -0.4 is 19.1 Å². The van der Waals surface area contributed by atoms with Gasteiger partial charge in [-0.3, -0.25) is 9.10 Å². The average molecular weight is 598 g/mol. The van der Waals surface area contributed by atoms with E-state index in [1.807, 2.05) is 0 Å². The summed E-state index contributed by atoms with van der Waals surface area (Å²) in [4.78, 5) is 15.4. The lowest BCUT2D eigenvalue weighted by Gasteiger charge is -2.36. The zero-order valence-corrected chi connectivity index (χ0v) is 23.0. The number of hydrogen-bond donors (Lipinski definition) is 2. The molecule has 3 aromatic rings. The number of amides is 1. The summed E-state index contributed by atoms with van der Waals surface area (Å²) in [5.41, 5.74) is -2.54. The number of halogens is 4. The Morgan fingerprint density at radius 1 is 1.17 bits per heavy atom. The molecule has 4 rings (SSSR count). The maximum absolute atomic E-state index is 14.1. The lowest BCUT2D eigenvalue weighted by molar-refractivity contribution is -0.141. The summed E-state index contributed by atoms with van der Waals surface area (Å²) in [6, 6.07) is 10.6. The summed E-state index contributed by atoms with van der Waals surface area (Å²) in [5.74, 6) is -1.59. The van der Waals surface area contributed by atoms with E-state index in [-0.39, 0.29) is 52.8 Å². The summed E-state index contributed by atoms with van der Waals surface area (Å²) >= 11 is 0. The summed E-state index contributed by atoms with van der Waals surface area (Å²) in [6.07, 6.45) is -5.30. The van der Waals surface area contributed by atoms with Crippen LogP contribution in [-0.4, -0.2) is 56.3 Å². The maximum atomic E-state index is 14.1. The van der Waals surface area contributed by atoms with Crippen molar-refractivity contribution in [2.75, 3.05) is 24.5 Å². The molecule has 0 saturated heterocycles. The Balaban J connectivity index is 1.74. The zero-order chi connectivity index (χ0) is 30.2. The average Bonchev–Trinajstić information content (AvgIpc) is 2.91. The molecule has 1 amide bonds. The highest BCUT2D eigenvalue weighted by Crippen LogP contribution is 2.41. The maximum Gasteiger partial charge on any atom is 0.433 e. The van der Waals surface area contributed by atoms with Gasteiger partial charge in [0.1, 0.15) is 23.1 Å². The van der Waals surface area contributed by atoms with Gasteiger partial charge >= 0.3 is 6.18 Å². The fourth-order valence-corrected chi connectivity index (χ4v) is 5.61. The van der Waals surface area contributed by atoms with E-state index in [4.69, 9.17) is 9.47 Å². The number of aliphatic hydroxyl groups is 1. The van der Waals surface area contributed by atoms with Gasteiger partial charge in [0.25, 0.3) is 15.9 Å². The van der Waals surface area contributed by atoms with Crippen molar-refractivity contribution in [2.24, 2.45) is 0 Å². The highest BCUT2D eigenvalue weighted by molar-refractivity contribution is 7.92. The molecule has 1 atom stereocenters. The number of carbonyl (C=O) groups is 1. The number of fused-ring (bicyclic) bond motifs is 1. The van der Waals surface area contributed by atoms with Crippen molar-refractivity contribution >= 4 is 21.6 Å². The quantitative estimate of drug-likeness (QED) is 0.375. The molecule has 0 spiro atoms. The number of rotatable bonds is 8. The van der Waals surface area contributed by atoms with E-state index in [1.165, 1.54) is 51.3 Å². The van der Waals surface area contributed by atoms with Gasteiger partial charge in [0.2, 0.25) is 0 Å². The summed E-state index contributed by atoms with van der Waals surface area (Å²) in [7, 11) is -3.19. The predicted octanol–water partition coefficient (Wildman–Crippen LogP) is 4.15. The molecule has 2 N–H and O–H groups in total. The Bertz CT molecular complexity index is 1560. The molecule has 14 heteroatoms. The first-order valence-corrected chi connectivity index (χ1v) is 13.8. The zero-order valence-electron chi connectivity index (χ0n) is 22.2. The summed E-state index contributed by atoms with van der Waals surface area (Å²) < 4.78 is 93.5. The molecule has 0 aliphatic carbocycles. The van der Waals surface area contributed by atoms with Gasteiger partial charge in [0, 0.05) is 24.6 Å². The number of sulfonamides is 1. The number of aromatic nitrogens is 1. The van der Waals surface area contributed by atoms with Crippen LogP contribution in [0.5, 0.6) is 11.5 Å². The summed E-state index contributed by atoms with van der Waals surface area (Å²) in [6.45, 7) is 2.44. The van der Waals surface area contributed by atoms with Crippen LogP contribution in [0.3, 0.4) is 0 Å². The molecule has 41 heavy (non-hydrogen) atoms. The Kier molecular flexibility index (Phi) is 8.18. The fourth-order valence-electron chi connectivity index (χ4n) is 4.09. The number of nitrogens with zero attached hydrogens (tertiary/aromatic N) is 2. The van der Waals surface area contributed by atoms with E-state index >= 15 is 0 Å². The molecule has 2 heterocycles. The van der Waals surface area contributed by atoms with E-state index in [9.17, 15) is 35.9 Å². The topological polar surface area (TPSA) is 118 Å². The minimum Gasteiger partial charge on any atom is -0.494 e. The smallest absolute Gasteiger partial charge is 0.433 e. The van der Waals surface area contributed by atoms with E-state index in [1.54, 1.807) is 0 Å². The Morgan fingerprint density at radius 2 is 1.90 bits per heavy atom. The first kappa shape index (κ1) is 30.1. The number of ether oxygens (including phenoxy) is 2. The highest BCUT2D eigenvalue weighted by atomic mass is 32.2. The molecule has 2 aromatic carbocycles. The molecule has 0 radical (unpaired) electrons. The Labute approximate surface area is 233 Å². The molecule has 9 nitrogen and oxygen atoms in total. The molecular formula is C27H27F4N3O6S. The fraction of sp³-hybridized carbons (Fsp3) is 0.333. The lowest BCUT2D eigenvalue weighted by Crippen LogP contribution is -2.46. The molecule has 0 saturated carbocycles. The number of benzene rings is 2. The standard InChI is InChI=1S/C27H27F4N3O6S/c1-26(2,36)25(35)32-12-11-17-15-34(41(37,38)18-8-9-19(28)23(14-18)39-3)21-13-16(7-10-22(21)40-17)20-5-4-6-24(33-20)27(29,30)31/h4-10,13-14,17,36H,11-12,15H2,1-3H3,(H,32,35)/t17-/m0/s1. The van der Waals surface area contributed by atoms with Crippen molar-refractivity contribution in [3.05, 3.63) is 66.1 Å². The monoisotopic (exact) mass is 597 g/mol. The van der Waals surface area contributed by atoms with Crippen LogP contribution in [-0.2, 0) is 21.0 Å². The van der Waals surface area contributed by atoms with Crippen LogP contribution >= 0.6 is 0 Å².